The Hall–Kier alpha value is -3.65. The molecule has 1 aromatic heterocycles. The summed E-state index contributed by atoms with van der Waals surface area (Å²) in [5, 5.41) is 10.8. The molecule has 0 fully saturated rings. The molecule has 1 atom stereocenters. The lowest BCUT2D eigenvalue weighted by Gasteiger charge is -2.08. The number of esters is 1. The molecule has 8 heteroatoms. The van der Waals surface area contributed by atoms with Crippen LogP contribution >= 0.6 is 0 Å². The molecular weight excluding hydrogens is 348 g/mol. The predicted molar refractivity (Wildman–Crippen MR) is 101 cm³/mol. The van der Waals surface area contributed by atoms with Gasteiger partial charge in [0.2, 0.25) is 0 Å². The first-order chi connectivity index (χ1) is 12.8. The fourth-order valence-corrected chi connectivity index (χ4v) is 2.33. The quantitative estimate of drug-likeness (QED) is 0.236. The van der Waals surface area contributed by atoms with Crippen molar-refractivity contribution in [3.63, 3.8) is 0 Å². The zero-order valence-electron chi connectivity index (χ0n) is 14.5. The van der Waals surface area contributed by atoms with Gasteiger partial charge in [-0.2, -0.15) is 0 Å². The van der Waals surface area contributed by atoms with Crippen molar-refractivity contribution < 1.29 is 18.7 Å². The third-order valence-corrected chi connectivity index (χ3v) is 3.75. The molecule has 1 heterocycles. The summed E-state index contributed by atoms with van der Waals surface area (Å²) >= 11 is 0. The zero-order chi connectivity index (χ0) is 19.6. The van der Waals surface area contributed by atoms with Crippen LogP contribution in [0.25, 0.3) is 11.0 Å². The zero-order valence-corrected chi connectivity index (χ0v) is 14.5. The Morgan fingerprint density at radius 3 is 2.48 bits per heavy atom. The van der Waals surface area contributed by atoms with Gasteiger partial charge in [-0.25, -0.2) is 4.79 Å². The van der Waals surface area contributed by atoms with Crippen molar-refractivity contribution in [1.29, 1.82) is 5.41 Å². The number of benzene rings is 2. The van der Waals surface area contributed by atoms with Crippen LogP contribution in [0.5, 0.6) is 5.75 Å². The van der Waals surface area contributed by atoms with Crippen LogP contribution in [0.2, 0.25) is 0 Å². The second kappa shape index (κ2) is 7.30. The minimum atomic E-state index is -0.721. The molecule has 3 aromatic rings. The Morgan fingerprint density at radius 1 is 1.15 bits per heavy atom. The molecular formula is C19H18N4O4. The predicted octanol–water partition coefficient (Wildman–Crippen LogP) is 2.22. The summed E-state index contributed by atoms with van der Waals surface area (Å²) in [6, 6.07) is 12.1. The van der Waals surface area contributed by atoms with E-state index in [9.17, 15) is 9.59 Å². The lowest BCUT2D eigenvalue weighted by Crippen LogP contribution is -2.30. The van der Waals surface area contributed by atoms with Crippen molar-refractivity contribution in [2.45, 2.75) is 13.0 Å². The maximum absolute atomic E-state index is 12.4. The molecule has 3 rings (SSSR count). The Kier molecular flexibility index (Phi) is 4.91. The highest BCUT2D eigenvalue weighted by atomic mass is 16.5. The van der Waals surface area contributed by atoms with Crippen LogP contribution < -0.4 is 21.5 Å². The molecule has 0 spiro atoms. The average molecular weight is 366 g/mol. The Labute approximate surface area is 154 Å². The number of ether oxygens (including phenoxy) is 1. The van der Waals surface area contributed by atoms with E-state index >= 15 is 0 Å². The first-order valence-corrected chi connectivity index (χ1v) is 8.10. The van der Waals surface area contributed by atoms with E-state index in [1.54, 1.807) is 48.5 Å². The van der Waals surface area contributed by atoms with Gasteiger partial charge in [-0.05, 0) is 55.5 Å². The standard InChI is InChI=1S/C19H18N4O4/c1-10(20)19(25)26-14-5-3-13(4-6-14)23-18(24)16-9-12-8-11(17(21)22)2-7-15(12)27-16/h2-10H,20H2,1H3,(H3,21,22)(H,23,24). The first-order valence-electron chi connectivity index (χ1n) is 8.10. The van der Waals surface area contributed by atoms with Crippen LogP contribution in [0.4, 0.5) is 5.69 Å². The van der Waals surface area contributed by atoms with Gasteiger partial charge in [-0.1, -0.05) is 0 Å². The van der Waals surface area contributed by atoms with Gasteiger partial charge in [-0.15, -0.1) is 0 Å². The number of hydrogen-bond donors (Lipinski definition) is 4. The minimum absolute atomic E-state index is 0.0612. The number of hydrogen-bond acceptors (Lipinski definition) is 6. The van der Waals surface area contributed by atoms with Gasteiger partial charge in [0, 0.05) is 16.6 Å². The number of nitrogens with one attached hydrogen (secondary N) is 2. The van der Waals surface area contributed by atoms with Gasteiger partial charge < -0.3 is 25.9 Å². The summed E-state index contributed by atoms with van der Waals surface area (Å²) in [6.45, 7) is 1.53. The summed E-state index contributed by atoms with van der Waals surface area (Å²) < 4.78 is 10.6. The molecule has 0 aliphatic carbocycles. The number of fused-ring (bicyclic) bond motifs is 1. The van der Waals surface area contributed by atoms with Crippen molar-refractivity contribution in [3.8, 4) is 5.75 Å². The fourth-order valence-electron chi connectivity index (χ4n) is 2.33. The maximum atomic E-state index is 12.4. The number of amides is 1. The van der Waals surface area contributed by atoms with Crippen LogP contribution in [-0.2, 0) is 4.79 Å². The van der Waals surface area contributed by atoms with Gasteiger partial charge in [0.1, 0.15) is 23.2 Å². The number of carbonyl (C=O) groups excluding carboxylic acids is 2. The van der Waals surface area contributed by atoms with Crippen LogP contribution in [-0.4, -0.2) is 23.8 Å². The van der Waals surface area contributed by atoms with E-state index in [4.69, 9.17) is 26.0 Å². The van der Waals surface area contributed by atoms with E-state index in [1.165, 1.54) is 6.92 Å². The van der Waals surface area contributed by atoms with Crippen molar-refractivity contribution in [1.82, 2.24) is 0 Å². The maximum Gasteiger partial charge on any atom is 0.328 e. The van der Waals surface area contributed by atoms with E-state index in [-0.39, 0.29) is 11.6 Å². The molecule has 0 saturated heterocycles. The summed E-state index contributed by atoms with van der Waals surface area (Å²) in [5.41, 5.74) is 12.5. The SMILES string of the molecule is CC(N)C(=O)Oc1ccc(NC(=O)c2cc3cc(C(=N)N)ccc3o2)cc1. The van der Waals surface area contributed by atoms with Gasteiger partial charge in [0.25, 0.3) is 5.91 Å². The van der Waals surface area contributed by atoms with Crippen molar-refractivity contribution in [2.75, 3.05) is 5.32 Å². The van der Waals surface area contributed by atoms with Crippen molar-refractivity contribution in [3.05, 3.63) is 59.9 Å². The number of furan rings is 1. The molecule has 0 bridgehead atoms. The molecule has 2 aromatic carbocycles. The van der Waals surface area contributed by atoms with Crippen LogP contribution in [0.3, 0.4) is 0 Å². The molecule has 6 N–H and O–H groups in total. The molecule has 1 amide bonds. The highest BCUT2D eigenvalue weighted by molar-refractivity contribution is 6.05. The Bertz CT molecular complexity index is 1020. The van der Waals surface area contributed by atoms with Crippen LogP contribution in [0.1, 0.15) is 23.0 Å². The summed E-state index contributed by atoms with van der Waals surface area (Å²) in [6.07, 6.45) is 0. The number of anilines is 1. The van der Waals surface area contributed by atoms with E-state index < -0.39 is 17.9 Å². The second-order valence-corrected chi connectivity index (χ2v) is 5.97. The monoisotopic (exact) mass is 366 g/mol. The molecule has 27 heavy (non-hydrogen) atoms. The van der Waals surface area contributed by atoms with Gasteiger partial charge in [0.15, 0.2) is 5.76 Å². The topological polar surface area (TPSA) is 144 Å². The molecule has 138 valence electrons. The van der Waals surface area contributed by atoms with Crippen molar-refractivity contribution in [2.24, 2.45) is 11.5 Å². The van der Waals surface area contributed by atoms with Crippen LogP contribution in [0, 0.1) is 5.41 Å². The number of nitrogen functional groups attached to an aromatic ring is 1. The van der Waals surface area contributed by atoms with Crippen molar-refractivity contribution >= 4 is 34.4 Å². The second-order valence-electron chi connectivity index (χ2n) is 5.97. The number of nitrogens with two attached hydrogens (primary N) is 2. The van der Waals surface area contributed by atoms with Gasteiger partial charge >= 0.3 is 5.97 Å². The highest BCUT2D eigenvalue weighted by Gasteiger charge is 2.14. The third kappa shape index (κ3) is 4.13. The van der Waals surface area contributed by atoms with E-state index in [2.05, 4.69) is 5.32 Å². The largest absolute Gasteiger partial charge is 0.451 e. The summed E-state index contributed by atoms with van der Waals surface area (Å²) in [4.78, 5) is 23.8. The molecule has 1 unspecified atom stereocenters. The molecule has 0 aliphatic rings. The molecule has 0 radical (unpaired) electrons. The van der Waals surface area contributed by atoms with E-state index in [0.717, 1.165) is 0 Å². The summed E-state index contributed by atoms with van der Waals surface area (Å²) in [5.74, 6) is -0.585. The minimum Gasteiger partial charge on any atom is -0.451 e. The molecule has 8 nitrogen and oxygen atoms in total. The molecule has 0 aliphatic heterocycles. The first kappa shape index (κ1) is 18.2. The van der Waals surface area contributed by atoms with E-state index in [1.807, 2.05) is 0 Å². The fraction of sp³-hybridized carbons (Fsp3) is 0.105. The average Bonchev–Trinajstić information content (AvgIpc) is 3.06. The number of amidine groups is 1. The summed E-state index contributed by atoms with van der Waals surface area (Å²) in [7, 11) is 0. The Balaban J connectivity index is 1.72. The number of rotatable bonds is 5. The smallest absolute Gasteiger partial charge is 0.328 e. The van der Waals surface area contributed by atoms with Gasteiger partial charge in [0.05, 0.1) is 0 Å². The molecule has 0 saturated carbocycles. The van der Waals surface area contributed by atoms with E-state index in [0.29, 0.717) is 28.0 Å². The Morgan fingerprint density at radius 2 is 1.85 bits per heavy atom. The van der Waals surface area contributed by atoms with Crippen LogP contribution in [0.15, 0.2) is 52.9 Å². The lowest BCUT2D eigenvalue weighted by atomic mass is 10.1. The highest BCUT2D eigenvalue weighted by Crippen LogP contribution is 2.22. The normalized spacial score (nSPS) is 11.8. The number of carbonyl (C=O) groups is 2. The van der Waals surface area contributed by atoms with Gasteiger partial charge in [-0.3, -0.25) is 10.2 Å². The lowest BCUT2D eigenvalue weighted by molar-refractivity contribution is -0.135. The third-order valence-electron chi connectivity index (χ3n) is 3.75.